The molecule has 4 heterocycles. The third-order valence-electron chi connectivity index (χ3n) is 8.41. The number of amides is 2. The minimum atomic E-state index is -1.17. The number of halogens is 2. The lowest BCUT2D eigenvalue weighted by Gasteiger charge is -2.38. The molecule has 13 nitrogen and oxygen atoms in total. The number of carbonyl (C=O) groups excluding carboxylic acids is 1. The molecule has 3 aromatic carbocycles. The maximum absolute atomic E-state index is 12.8. The van der Waals surface area contributed by atoms with E-state index in [-0.39, 0.29) is 25.9 Å². The Morgan fingerprint density at radius 3 is 2.30 bits per heavy atom. The molecule has 0 bridgehead atoms. The number of hydrogen-bond donors (Lipinski definition) is 2. The molecule has 1 unspecified atom stereocenters. The second-order valence-corrected chi connectivity index (χ2v) is 12.2. The van der Waals surface area contributed by atoms with Crippen molar-refractivity contribution in [3.63, 3.8) is 0 Å². The maximum atomic E-state index is 12.8. The predicted molar refractivity (Wildman–Crippen MR) is 173 cm³/mol. The Kier molecular flexibility index (Phi) is 8.46. The van der Waals surface area contributed by atoms with Crippen molar-refractivity contribution >= 4 is 46.3 Å². The van der Waals surface area contributed by atoms with E-state index in [2.05, 4.69) is 42.9 Å². The lowest BCUT2D eigenvalue weighted by molar-refractivity contribution is -0.190. The maximum Gasteiger partial charge on any atom is 0.437 e. The smallest absolute Gasteiger partial charge is 0.437 e. The van der Waals surface area contributed by atoms with Crippen LogP contribution < -0.4 is 30.0 Å². The lowest BCUT2D eigenvalue weighted by Crippen LogP contribution is -2.47. The standard InChI is InChI=1S/C31H32Cl2N8O5/c32-22-1-10-28(29(33)15-22)31(18-40-20-34-19-36-40)45-17-27(46-31)16-44-26-8-4-24(5-9-26)39-13-11-38(12-14-39)23-2-6-25(7-3-23)41(43)21-35-37-30(41)42/h1-10,15,19-20,27,35H,11-14,16-18,21H2,(H,37,42)/t27-,31-,41?/m1/s1. The highest BCUT2D eigenvalue weighted by molar-refractivity contribution is 6.35. The van der Waals surface area contributed by atoms with Crippen LogP contribution >= 0.6 is 23.2 Å². The van der Waals surface area contributed by atoms with Gasteiger partial charge >= 0.3 is 6.03 Å². The largest absolute Gasteiger partial charge is 0.617 e. The zero-order valence-electron chi connectivity index (χ0n) is 24.7. The Bertz CT molecular complexity index is 1670. The molecule has 0 aliphatic carbocycles. The van der Waals surface area contributed by atoms with E-state index in [0.29, 0.717) is 27.9 Å². The Hall–Kier alpha value is -3.95. The summed E-state index contributed by atoms with van der Waals surface area (Å²) in [5.41, 5.74) is 8.17. The molecule has 0 saturated carbocycles. The highest BCUT2D eigenvalue weighted by Crippen LogP contribution is 2.40. The molecular weight excluding hydrogens is 635 g/mol. The third kappa shape index (κ3) is 6.10. The highest BCUT2D eigenvalue weighted by atomic mass is 35.5. The minimum Gasteiger partial charge on any atom is -0.617 e. The third-order valence-corrected chi connectivity index (χ3v) is 8.96. The molecule has 0 radical (unpaired) electrons. The van der Waals surface area contributed by atoms with Crippen LogP contribution in [0.1, 0.15) is 5.56 Å². The molecular formula is C31H32Cl2N8O5. The molecule has 3 atom stereocenters. The molecule has 3 saturated heterocycles. The van der Waals surface area contributed by atoms with Gasteiger partial charge in [-0.15, -0.1) is 0 Å². The van der Waals surface area contributed by atoms with Crippen molar-refractivity contribution in [3.8, 4) is 5.75 Å². The van der Waals surface area contributed by atoms with Crippen molar-refractivity contribution in [2.45, 2.75) is 18.4 Å². The van der Waals surface area contributed by atoms with E-state index in [1.165, 1.54) is 6.33 Å². The summed E-state index contributed by atoms with van der Waals surface area (Å²) >= 11 is 12.7. The molecule has 7 rings (SSSR count). The Morgan fingerprint density at radius 2 is 1.70 bits per heavy atom. The normalized spacial score (nSPS) is 24.8. The summed E-state index contributed by atoms with van der Waals surface area (Å²) in [5.74, 6) is -0.441. The van der Waals surface area contributed by atoms with E-state index in [1.807, 2.05) is 24.3 Å². The molecule has 46 heavy (non-hydrogen) atoms. The molecule has 3 aliphatic rings. The second kappa shape index (κ2) is 12.7. The van der Waals surface area contributed by atoms with Gasteiger partial charge in [-0.05, 0) is 48.5 Å². The first-order chi connectivity index (χ1) is 22.3. The molecule has 3 aliphatic heterocycles. The molecule has 2 amide bonds. The number of rotatable bonds is 9. The Balaban J connectivity index is 0.930. The van der Waals surface area contributed by atoms with Gasteiger partial charge in [0.05, 0.1) is 11.6 Å². The van der Waals surface area contributed by atoms with Crippen LogP contribution in [0.5, 0.6) is 5.75 Å². The van der Waals surface area contributed by atoms with Crippen LogP contribution in [-0.4, -0.2) is 73.0 Å². The fourth-order valence-electron chi connectivity index (χ4n) is 5.95. The van der Waals surface area contributed by atoms with Crippen molar-refractivity contribution in [3.05, 3.63) is 100 Å². The Labute approximate surface area is 275 Å². The van der Waals surface area contributed by atoms with Gasteiger partial charge in [0.2, 0.25) is 5.79 Å². The summed E-state index contributed by atoms with van der Waals surface area (Å²) in [6, 6.07) is 19.9. The number of benzene rings is 3. The van der Waals surface area contributed by atoms with Gasteiger partial charge in [-0.2, -0.15) is 10.5 Å². The minimum absolute atomic E-state index is 0.0330. The van der Waals surface area contributed by atoms with Crippen LogP contribution in [0.3, 0.4) is 0 Å². The van der Waals surface area contributed by atoms with Crippen molar-refractivity contribution in [1.29, 1.82) is 0 Å². The van der Waals surface area contributed by atoms with Crippen LogP contribution in [0.2, 0.25) is 10.0 Å². The SMILES string of the molecule is O=C1NNC[N+]1([O-])c1ccc(N2CCN(c3ccc(OC[C@@H]4CO[C@@](Cn5cncn5)(c5ccc(Cl)cc5Cl)O4)cc3)CC2)cc1. The van der Waals surface area contributed by atoms with Crippen molar-refractivity contribution in [2.24, 2.45) is 0 Å². The van der Waals surface area contributed by atoms with E-state index in [1.54, 1.807) is 41.3 Å². The topological polar surface area (TPSA) is 129 Å². The second-order valence-electron chi connectivity index (χ2n) is 11.3. The number of urea groups is 1. The summed E-state index contributed by atoms with van der Waals surface area (Å²) in [4.78, 5) is 20.6. The van der Waals surface area contributed by atoms with Gasteiger partial charge in [-0.25, -0.2) is 24.5 Å². The van der Waals surface area contributed by atoms with Crippen LogP contribution in [0.15, 0.2) is 79.4 Å². The first-order valence-corrected chi connectivity index (χ1v) is 15.6. The lowest BCUT2D eigenvalue weighted by atomic mass is 10.1. The molecule has 15 heteroatoms. The summed E-state index contributed by atoms with van der Waals surface area (Å²) in [7, 11) is 0. The molecule has 4 aromatic rings. The number of aromatic nitrogens is 3. The first-order valence-electron chi connectivity index (χ1n) is 14.9. The van der Waals surface area contributed by atoms with Crippen LogP contribution in [0.25, 0.3) is 0 Å². The quantitative estimate of drug-likeness (QED) is 0.198. The van der Waals surface area contributed by atoms with Gasteiger partial charge in [-0.1, -0.05) is 29.3 Å². The van der Waals surface area contributed by atoms with Crippen LogP contribution in [-0.2, 0) is 21.8 Å². The van der Waals surface area contributed by atoms with Gasteiger partial charge in [0.25, 0.3) is 0 Å². The number of quaternary nitrogens is 1. The number of piperazine rings is 1. The summed E-state index contributed by atoms with van der Waals surface area (Å²) in [6.07, 6.45) is 2.71. The number of anilines is 2. The average Bonchev–Trinajstić information content (AvgIpc) is 3.82. The van der Waals surface area contributed by atoms with E-state index in [0.717, 1.165) is 43.3 Å². The van der Waals surface area contributed by atoms with Crippen LogP contribution in [0, 0.1) is 5.21 Å². The average molecular weight is 668 g/mol. The summed E-state index contributed by atoms with van der Waals surface area (Å²) in [5, 5.41) is 18.0. The van der Waals surface area contributed by atoms with Gasteiger partial charge < -0.3 is 29.2 Å². The summed E-state index contributed by atoms with van der Waals surface area (Å²) < 4.78 is 19.4. The van der Waals surface area contributed by atoms with E-state index in [4.69, 9.17) is 37.4 Å². The monoisotopic (exact) mass is 666 g/mol. The fourth-order valence-corrected chi connectivity index (χ4v) is 6.50. The number of nitrogens with zero attached hydrogens (tertiary/aromatic N) is 6. The first kappa shape index (κ1) is 30.7. The van der Waals surface area contributed by atoms with Gasteiger partial charge in [0, 0.05) is 60.3 Å². The van der Waals surface area contributed by atoms with Crippen molar-refractivity contribution < 1.29 is 19.0 Å². The van der Waals surface area contributed by atoms with Crippen molar-refractivity contribution in [1.82, 2.24) is 30.3 Å². The predicted octanol–water partition coefficient (Wildman–Crippen LogP) is 4.25. The van der Waals surface area contributed by atoms with E-state index in [9.17, 15) is 10.0 Å². The number of hydroxylamine groups is 2. The zero-order valence-corrected chi connectivity index (χ0v) is 26.2. The summed E-state index contributed by atoms with van der Waals surface area (Å²) in [6.45, 7) is 4.14. The highest BCUT2D eigenvalue weighted by Gasteiger charge is 2.45. The number of ether oxygens (including phenoxy) is 3. The van der Waals surface area contributed by atoms with Gasteiger partial charge in [0.15, 0.2) is 6.67 Å². The van der Waals surface area contributed by atoms with Crippen LogP contribution in [0.4, 0.5) is 21.9 Å². The zero-order chi connectivity index (χ0) is 31.7. The van der Waals surface area contributed by atoms with Gasteiger partial charge in [-0.3, -0.25) is 0 Å². The Morgan fingerprint density at radius 1 is 1.00 bits per heavy atom. The molecule has 2 N–H and O–H groups in total. The number of hydrazine groups is 1. The van der Waals surface area contributed by atoms with E-state index >= 15 is 0 Å². The number of carbonyl (C=O) groups is 1. The molecule has 3 fully saturated rings. The fraction of sp³-hybridized carbons (Fsp3) is 0.323. The number of hydrogen-bond acceptors (Lipinski definition) is 10. The van der Waals surface area contributed by atoms with Gasteiger partial charge in [0.1, 0.15) is 43.3 Å². The molecule has 1 aromatic heterocycles. The molecule has 240 valence electrons. The van der Waals surface area contributed by atoms with Crippen molar-refractivity contribution in [2.75, 3.05) is 55.9 Å². The number of nitrogens with one attached hydrogen (secondary N) is 2. The van der Waals surface area contributed by atoms with E-state index < -0.39 is 16.5 Å². The molecule has 0 spiro atoms.